The van der Waals surface area contributed by atoms with Crippen LogP contribution in [0.5, 0.6) is 11.5 Å². The van der Waals surface area contributed by atoms with Gasteiger partial charge in [0.2, 0.25) is 0 Å². The lowest BCUT2D eigenvalue weighted by Gasteiger charge is -2.50. The van der Waals surface area contributed by atoms with E-state index in [1.165, 1.54) is 20.1 Å². The largest absolute Gasteiger partial charge is 0.505 e. The highest BCUT2D eigenvalue weighted by Crippen LogP contribution is 2.45. The van der Waals surface area contributed by atoms with Gasteiger partial charge in [0, 0.05) is 19.4 Å². The molecule has 2 bridgehead atoms. The second kappa shape index (κ2) is 22.6. The summed E-state index contributed by atoms with van der Waals surface area (Å²) in [6.45, 7) is 12.0. The van der Waals surface area contributed by atoms with Crippen molar-refractivity contribution in [3.05, 3.63) is 79.9 Å². The number of carbonyl (C=O) groups excluding carboxylic acids is 2. The summed E-state index contributed by atoms with van der Waals surface area (Å²) in [6.07, 6.45) is -1.57. The van der Waals surface area contributed by atoms with Crippen LogP contribution in [0.25, 0.3) is 0 Å². The molecule has 5 rings (SSSR count). The minimum atomic E-state index is -1.53. The van der Waals surface area contributed by atoms with Gasteiger partial charge in [-0.1, -0.05) is 73.0 Å². The van der Waals surface area contributed by atoms with Crippen LogP contribution < -0.4 is 0 Å². The molecule has 0 aromatic heterocycles. The molecule has 1 aromatic rings. The van der Waals surface area contributed by atoms with Crippen LogP contribution in [0.2, 0.25) is 10.0 Å². The zero-order valence-corrected chi connectivity index (χ0v) is 39.5. The lowest BCUT2D eigenvalue weighted by Crippen LogP contribution is -2.65. The van der Waals surface area contributed by atoms with Gasteiger partial charge in [0.25, 0.3) is 0 Å². The Morgan fingerprint density at radius 2 is 1.65 bits per heavy atom. The van der Waals surface area contributed by atoms with Gasteiger partial charge >= 0.3 is 11.9 Å². The Bertz CT molecular complexity index is 2030. The lowest BCUT2D eigenvalue weighted by atomic mass is 9.79. The molecule has 4 aliphatic heterocycles. The smallest absolute Gasteiger partial charge is 0.342 e. The van der Waals surface area contributed by atoms with Crippen molar-refractivity contribution >= 4 is 35.1 Å². The number of benzene rings is 1. The molecule has 3 fully saturated rings. The molecule has 0 radical (unpaired) electrons. The van der Waals surface area contributed by atoms with E-state index in [9.17, 15) is 45.3 Å². The fourth-order valence-electron chi connectivity index (χ4n) is 8.60. The summed E-state index contributed by atoms with van der Waals surface area (Å²) < 4.78 is 41.8. The van der Waals surface area contributed by atoms with E-state index in [2.05, 4.69) is 0 Å². The van der Waals surface area contributed by atoms with Crippen molar-refractivity contribution in [3.8, 4) is 11.5 Å². The highest BCUT2D eigenvalue weighted by Gasteiger charge is 2.53. The summed E-state index contributed by atoms with van der Waals surface area (Å²) in [5.74, 6) is -3.42. The summed E-state index contributed by atoms with van der Waals surface area (Å²) in [5, 5.41) is 75.3. The number of esters is 2. The van der Waals surface area contributed by atoms with E-state index in [1.54, 1.807) is 32.9 Å². The molecule has 0 saturated carbocycles. The fourth-order valence-corrected chi connectivity index (χ4v) is 9.16. The molecule has 362 valence electrons. The Morgan fingerprint density at radius 3 is 2.31 bits per heavy atom. The quantitative estimate of drug-likeness (QED) is 0.127. The number of allylic oxidation sites excluding steroid dienone is 4. The number of hydrogen-bond donors (Lipinski definition) is 7. The van der Waals surface area contributed by atoms with Crippen molar-refractivity contribution in [1.82, 2.24) is 0 Å². The lowest BCUT2D eigenvalue weighted by molar-refractivity contribution is -0.344. The average molecular weight is 956 g/mol. The molecule has 65 heavy (non-hydrogen) atoms. The maximum atomic E-state index is 13.8. The fraction of sp³-hybridized carbons (Fsp3) is 0.617. The summed E-state index contributed by atoms with van der Waals surface area (Å²) >= 11 is 12.3. The summed E-state index contributed by atoms with van der Waals surface area (Å²) in [6, 6.07) is 0. The number of fused-ring (bicyclic) bond motifs is 3. The van der Waals surface area contributed by atoms with Crippen LogP contribution in [-0.2, 0) is 44.4 Å². The van der Waals surface area contributed by atoms with E-state index < -0.39 is 108 Å². The van der Waals surface area contributed by atoms with Crippen LogP contribution in [0, 0.1) is 5.92 Å². The predicted octanol–water partition coefficient (Wildman–Crippen LogP) is 5.42. The van der Waals surface area contributed by atoms with Gasteiger partial charge in [-0.15, -0.1) is 0 Å². The standard InChI is InChI=1S/C47H64Cl2O16/c1-9-28-16-15-22(3)19-24(5)39-26(17-18-47(7)42(56)36(53)37(54)45(64-39)65-47)20-23(4)30(50)14-12-11-13-27(43(57)62-28)21-60-46-41(59-8)38(55)40(25(6)61-46)63-44(58)31-29(10-2)32(48)35(52)33(49)34(31)51/h11-13,15,19-20,25-26,28,30,36-42,45-46,50-56H,9-10,14,16-18,21H2,1-8H3/b12-11+,22-15+,23-20+,24-19+,27-13+. The van der Waals surface area contributed by atoms with Gasteiger partial charge in [-0.2, -0.15) is 0 Å². The maximum absolute atomic E-state index is 13.8. The Kier molecular flexibility index (Phi) is 18.3. The zero-order valence-electron chi connectivity index (χ0n) is 38.0. The SMILES string of the molecule is CCc1c(Cl)c(O)c(Cl)c(O)c1C(=O)OC1C(C)OC(OC/C2=C\C=C\CC(O)/C(C)=C/C3CCC4(C)OC(OC3/C(C)=C/C(C)=C/CC(CC)OC2=O)C(O)C(O)C4O)C(OC)C1O. The molecule has 14 unspecified atom stereocenters. The third-order valence-electron chi connectivity index (χ3n) is 12.7. The number of aromatic hydroxyl groups is 2. The molecule has 18 heteroatoms. The minimum Gasteiger partial charge on any atom is -0.505 e. The summed E-state index contributed by atoms with van der Waals surface area (Å²) in [4.78, 5) is 27.3. The Morgan fingerprint density at radius 1 is 0.938 bits per heavy atom. The van der Waals surface area contributed by atoms with Crippen LogP contribution in [0.15, 0.2) is 58.7 Å². The van der Waals surface area contributed by atoms with Crippen LogP contribution in [-0.4, -0.2) is 141 Å². The summed E-state index contributed by atoms with van der Waals surface area (Å²) in [7, 11) is 1.29. The molecule has 4 heterocycles. The van der Waals surface area contributed by atoms with E-state index in [1.807, 2.05) is 39.0 Å². The van der Waals surface area contributed by atoms with Crippen molar-refractivity contribution in [1.29, 1.82) is 0 Å². The van der Waals surface area contributed by atoms with Gasteiger partial charge in [-0.05, 0) is 89.5 Å². The number of aliphatic hydroxyl groups excluding tert-OH is 5. The van der Waals surface area contributed by atoms with Crippen LogP contribution in [0.1, 0.15) is 96.5 Å². The monoisotopic (exact) mass is 954 g/mol. The highest BCUT2D eigenvalue weighted by molar-refractivity contribution is 6.39. The van der Waals surface area contributed by atoms with Gasteiger partial charge in [-0.25, -0.2) is 9.59 Å². The van der Waals surface area contributed by atoms with Crippen molar-refractivity contribution in [2.24, 2.45) is 5.92 Å². The number of halogens is 2. The number of aliphatic hydroxyl groups is 5. The van der Waals surface area contributed by atoms with Crippen molar-refractivity contribution in [2.75, 3.05) is 13.7 Å². The number of carbonyl (C=O) groups is 2. The van der Waals surface area contributed by atoms with E-state index in [0.29, 0.717) is 31.3 Å². The van der Waals surface area contributed by atoms with Gasteiger partial charge in [0.1, 0.15) is 47.2 Å². The van der Waals surface area contributed by atoms with E-state index in [4.69, 9.17) is 56.4 Å². The first-order valence-corrected chi connectivity index (χ1v) is 22.7. The normalized spacial score (nSPS) is 39.1. The van der Waals surface area contributed by atoms with Crippen LogP contribution >= 0.6 is 23.2 Å². The molecule has 7 N–H and O–H groups in total. The Balaban J connectivity index is 1.37. The molecule has 1 aromatic carbocycles. The third kappa shape index (κ3) is 11.9. The molecule has 4 aliphatic rings. The molecule has 0 spiro atoms. The topological polar surface area (TPSA) is 240 Å². The second-order valence-electron chi connectivity index (χ2n) is 17.4. The van der Waals surface area contributed by atoms with Crippen molar-refractivity contribution < 1.29 is 78.5 Å². The van der Waals surface area contributed by atoms with Gasteiger partial charge in [-0.3, -0.25) is 0 Å². The van der Waals surface area contributed by atoms with Gasteiger partial charge in [0.05, 0.1) is 41.1 Å². The number of hydrogen-bond acceptors (Lipinski definition) is 16. The number of ether oxygens (including phenoxy) is 7. The van der Waals surface area contributed by atoms with Crippen LogP contribution in [0.4, 0.5) is 0 Å². The summed E-state index contributed by atoms with van der Waals surface area (Å²) in [5.41, 5.74) is 0.860. The molecule has 0 amide bonds. The Hall–Kier alpha value is -3.36. The molecular weight excluding hydrogens is 891 g/mol. The van der Waals surface area contributed by atoms with Crippen molar-refractivity contribution in [2.45, 2.75) is 166 Å². The first kappa shape index (κ1) is 52.6. The number of phenols is 2. The number of rotatable bonds is 8. The van der Waals surface area contributed by atoms with Gasteiger partial charge < -0.3 is 68.9 Å². The van der Waals surface area contributed by atoms with Crippen LogP contribution in [0.3, 0.4) is 0 Å². The molecule has 14 atom stereocenters. The minimum absolute atomic E-state index is 0.0798. The molecular formula is C47H64Cl2O16. The molecule has 16 nitrogen and oxygen atoms in total. The van der Waals surface area contributed by atoms with E-state index in [0.717, 1.165) is 11.1 Å². The maximum Gasteiger partial charge on any atom is 0.342 e. The second-order valence-corrected chi connectivity index (χ2v) is 18.1. The zero-order chi connectivity index (χ0) is 48.1. The van der Waals surface area contributed by atoms with E-state index in [-0.39, 0.29) is 47.1 Å². The van der Waals surface area contributed by atoms with E-state index >= 15 is 0 Å². The third-order valence-corrected chi connectivity index (χ3v) is 13.4. The number of methoxy groups -OCH3 is 1. The predicted molar refractivity (Wildman–Crippen MR) is 238 cm³/mol. The van der Waals surface area contributed by atoms with Crippen molar-refractivity contribution in [3.63, 3.8) is 0 Å². The molecule has 3 saturated heterocycles. The number of phenolic OH excluding ortho intramolecular Hbond substituents is 2. The number of cyclic esters (lactones) is 1. The molecule has 0 aliphatic carbocycles. The average Bonchev–Trinajstić information content (AvgIpc) is 3.26. The first-order valence-electron chi connectivity index (χ1n) is 21.9. The first-order chi connectivity index (χ1) is 30.7. The Labute approximate surface area is 389 Å². The highest BCUT2D eigenvalue weighted by atomic mass is 35.5. The van der Waals surface area contributed by atoms with Gasteiger partial charge in [0.15, 0.2) is 30.2 Å².